The van der Waals surface area contributed by atoms with Gasteiger partial charge in [-0.25, -0.2) is 9.48 Å². The van der Waals surface area contributed by atoms with Gasteiger partial charge in [0.15, 0.2) is 0 Å². The van der Waals surface area contributed by atoms with Crippen LogP contribution < -0.4 is 10.5 Å². The van der Waals surface area contributed by atoms with E-state index in [1.54, 1.807) is 24.3 Å². The van der Waals surface area contributed by atoms with Crippen LogP contribution in [0.3, 0.4) is 0 Å². The van der Waals surface area contributed by atoms with Crippen molar-refractivity contribution in [3.63, 3.8) is 0 Å². The molecule has 0 radical (unpaired) electrons. The van der Waals surface area contributed by atoms with E-state index in [4.69, 9.17) is 22.1 Å². The predicted octanol–water partition coefficient (Wildman–Crippen LogP) is 2.36. The van der Waals surface area contributed by atoms with Crippen molar-refractivity contribution in [2.45, 2.75) is 13.5 Å². The summed E-state index contributed by atoms with van der Waals surface area (Å²) in [6, 6.07) is 6.74. The normalized spacial score (nSPS) is 10.3. The van der Waals surface area contributed by atoms with Gasteiger partial charge >= 0.3 is 5.97 Å². The van der Waals surface area contributed by atoms with Gasteiger partial charge in [0.05, 0.1) is 11.2 Å². The van der Waals surface area contributed by atoms with Gasteiger partial charge in [-0.2, -0.15) is 5.10 Å². The maximum atomic E-state index is 11.9. The van der Waals surface area contributed by atoms with Crippen molar-refractivity contribution in [1.29, 1.82) is 0 Å². The Bertz CT molecular complexity index is 580. The Balaban J connectivity index is 2.22. The number of carbonyl (C=O) groups is 1. The molecule has 1 aromatic heterocycles. The number of esters is 1. The lowest BCUT2D eigenvalue weighted by Gasteiger charge is -2.05. The van der Waals surface area contributed by atoms with Crippen LogP contribution in [0.25, 0.3) is 0 Å². The van der Waals surface area contributed by atoms with E-state index < -0.39 is 5.97 Å². The molecular weight excluding hydrogens is 254 g/mol. The Morgan fingerprint density at radius 2 is 2.22 bits per heavy atom. The fraction of sp³-hybridized carbons (Fsp3) is 0.167. The van der Waals surface area contributed by atoms with Crippen LogP contribution in [0.5, 0.6) is 5.75 Å². The molecule has 2 N–H and O–H groups in total. The number of aromatic nitrogens is 2. The van der Waals surface area contributed by atoms with Crippen molar-refractivity contribution in [2.24, 2.45) is 0 Å². The SMILES string of the molecule is CCn1ncc(C(=O)Oc2ccccc2Cl)c1N. The Labute approximate surface area is 109 Å². The minimum Gasteiger partial charge on any atom is -0.421 e. The first-order chi connectivity index (χ1) is 8.63. The number of nitrogens with zero attached hydrogens (tertiary/aromatic N) is 2. The summed E-state index contributed by atoms with van der Waals surface area (Å²) in [6.45, 7) is 2.47. The van der Waals surface area contributed by atoms with E-state index in [2.05, 4.69) is 5.10 Å². The van der Waals surface area contributed by atoms with Crippen LogP contribution in [-0.2, 0) is 6.54 Å². The molecule has 5 nitrogen and oxygen atoms in total. The molecule has 2 rings (SSSR count). The first-order valence-electron chi connectivity index (χ1n) is 5.41. The summed E-state index contributed by atoms with van der Waals surface area (Å²) < 4.78 is 6.68. The highest BCUT2D eigenvalue weighted by Crippen LogP contribution is 2.24. The van der Waals surface area contributed by atoms with Crippen molar-refractivity contribution < 1.29 is 9.53 Å². The van der Waals surface area contributed by atoms with E-state index in [9.17, 15) is 4.79 Å². The topological polar surface area (TPSA) is 70.1 Å². The number of hydrogen-bond donors (Lipinski definition) is 1. The van der Waals surface area contributed by atoms with Gasteiger partial charge in [0.1, 0.15) is 17.1 Å². The molecule has 0 bridgehead atoms. The molecule has 0 unspecified atom stereocenters. The van der Waals surface area contributed by atoms with Crippen molar-refractivity contribution in [3.05, 3.63) is 41.0 Å². The number of aryl methyl sites for hydroxylation is 1. The van der Waals surface area contributed by atoms with Gasteiger partial charge < -0.3 is 10.5 Å². The van der Waals surface area contributed by atoms with Gasteiger partial charge in [-0.3, -0.25) is 0 Å². The molecule has 0 aliphatic carbocycles. The summed E-state index contributed by atoms with van der Waals surface area (Å²) in [5, 5.41) is 4.35. The summed E-state index contributed by atoms with van der Waals surface area (Å²) in [6.07, 6.45) is 1.39. The lowest BCUT2D eigenvalue weighted by atomic mass is 10.3. The molecule has 0 fully saturated rings. The number of benzene rings is 1. The lowest BCUT2D eigenvalue weighted by molar-refractivity contribution is 0.0736. The zero-order valence-electron chi connectivity index (χ0n) is 9.76. The van der Waals surface area contributed by atoms with Gasteiger partial charge in [0.2, 0.25) is 0 Å². The fourth-order valence-electron chi connectivity index (χ4n) is 1.49. The van der Waals surface area contributed by atoms with Crippen molar-refractivity contribution in [1.82, 2.24) is 9.78 Å². The van der Waals surface area contributed by atoms with Crippen molar-refractivity contribution >= 4 is 23.4 Å². The zero-order valence-corrected chi connectivity index (χ0v) is 10.5. The predicted molar refractivity (Wildman–Crippen MR) is 68.7 cm³/mol. The van der Waals surface area contributed by atoms with Crippen molar-refractivity contribution in [3.8, 4) is 5.75 Å². The molecule has 0 aliphatic rings. The van der Waals surface area contributed by atoms with E-state index in [1.165, 1.54) is 10.9 Å². The third-order valence-electron chi connectivity index (χ3n) is 2.44. The molecule has 18 heavy (non-hydrogen) atoms. The molecule has 1 heterocycles. The molecule has 0 atom stereocenters. The van der Waals surface area contributed by atoms with Crippen LogP contribution in [0.2, 0.25) is 5.02 Å². The number of ether oxygens (including phenoxy) is 1. The highest BCUT2D eigenvalue weighted by atomic mass is 35.5. The van der Waals surface area contributed by atoms with Gasteiger partial charge in [-0.1, -0.05) is 23.7 Å². The monoisotopic (exact) mass is 265 g/mol. The third kappa shape index (κ3) is 2.31. The van der Waals surface area contributed by atoms with Gasteiger partial charge in [0, 0.05) is 6.54 Å². The minimum absolute atomic E-state index is 0.233. The highest BCUT2D eigenvalue weighted by molar-refractivity contribution is 6.32. The maximum absolute atomic E-state index is 11.9. The van der Waals surface area contributed by atoms with E-state index in [0.717, 1.165) is 0 Å². The van der Waals surface area contributed by atoms with Crippen molar-refractivity contribution in [2.75, 3.05) is 5.73 Å². The molecule has 0 aliphatic heterocycles. The van der Waals surface area contributed by atoms with Gasteiger partial charge in [-0.05, 0) is 19.1 Å². The van der Waals surface area contributed by atoms with E-state index in [-0.39, 0.29) is 11.4 Å². The second kappa shape index (κ2) is 5.10. The van der Waals surface area contributed by atoms with Crippen LogP contribution >= 0.6 is 11.6 Å². The standard InChI is InChI=1S/C12H12ClN3O2/c1-2-16-11(14)8(7-15-16)12(17)18-10-6-4-3-5-9(10)13/h3-7H,2,14H2,1H3. The molecule has 2 aromatic rings. The number of rotatable bonds is 3. The summed E-state index contributed by atoms with van der Waals surface area (Å²) in [5.41, 5.74) is 6.01. The third-order valence-corrected chi connectivity index (χ3v) is 2.75. The molecule has 0 saturated heterocycles. The van der Waals surface area contributed by atoms with Crippen LogP contribution in [0.1, 0.15) is 17.3 Å². The summed E-state index contributed by atoms with van der Waals surface area (Å²) in [5.74, 6) is 0.0164. The second-order valence-corrected chi connectivity index (χ2v) is 3.99. The Kier molecular flexibility index (Phi) is 3.53. The quantitative estimate of drug-likeness (QED) is 0.683. The summed E-state index contributed by atoms with van der Waals surface area (Å²) >= 11 is 5.90. The lowest BCUT2D eigenvalue weighted by Crippen LogP contribution is -2.11. The van der Waals surface area contributed by atoms with Crippen LogP contribution in [-0.4, -0.2) is 15.7 Å². The average molecular weight is 266 g/mol. The Hall–Kier alpha value is -2.01. The number of hydrogen-bond acceptors (Lipinski definition) is 4. The van der Waals surface area contributed by atoms with E-state index in [1.807, 2.05) is 6.92 Å². The van der Waals surface area contributed by atoms with Gasteiger partial charge in [0.25, 0.3) is 0 Å². The molecular formula is C12H12ClN3O2. The Morgan fingerprint density at radius 1 is 1.50 bits per heavy atom. The molecule has 94 valence electrons. The van der Waals surface area contributed by atoms with Crippen LogP contribution in [0.15, 0.2) is 30.5 Å². The maximum Gasteiger partial charge on any atom is 0.348 e. The Morgan fingerprint density at radius 3 is 2.83 bits per heavy atom. The highest BCUT2D eigenvalue weighted by Gasteiger charge is 2.17. The molecule has 6 heteroatoms. The van der Waals surface area contributed by atoms with Crippen LogP contribution in [0, 0.1) is 0 Å². The first kappa shape index (κ1) is 12.4. The van der Waals surface area contributed by atoms with Crippen LogP contribution in [0.4, 0.5) is 5.82 Å². The number of nitrogens with two attached hydrogens (primary N) is 1. The zero-order chi connectivity index (χ0) is 13.1. The number of nitrogen functional groups attached to an aromatic ring is 1. The number of para-hydroxylation sites is 1. The molecule has 0 saturated carbocycles. The second-order valence-electron chi connectivity index (χ2n) is 3.58. The smallest absolute Gasteiger partial charge is 0.348 e. The summed E-state index contributed by atoms with van der Waals surface area (Å²) in [4.78, 5) is 11.9. The molecule has 0 spiro atoms. The van der Waals surface area contributed by atoms with Gasteiger partial charge in [-0.15, -0.1) is 0 Å². The molecule has 0 amide bonds. The number of carbonyl (C=O) groups excluding carboxylic acids is 1. The largest absolute Gasteiger partial charge is 0.421 e. The summed E-state index contributed by atoms with van der Waals surface area (Å²) in [7, 11) is 0. The number of halogens is 1. The fourth-order valence-corrected chi connectivity index (χ4v) is 1.66. The first-order valence-corrected chi connectivity index (χ1v) is 5.79. The van der Waals surface area contributed by atoms with E-state index in [0.29, 0.717) is 17.3 Å². The molecule has 1 aromatic carbocycles. The average Bonchev–Trinajstić information content (AvgIpc) is 2.73. The number of anilines is 1. The van der Waals surface area contributed by atoms with E-state index >= 15 is 0 Å². The minimum atomic E-state index is -0.569.